The Labute approximate surface area is 111 Å². The second-order valence-corrected chi connectivity index (χ2v) is 6.88. The molecule has 1 fully saturated rings. The lowest BCUT2D eigenvalue weighted by Gasteiger charge is -2.16. The Hall–Kier alpha value is -1.41. The molecule has 2 unspecified atom stereocenters. The minimum absolute atomic E-state index is 0.0168. The Balaban J connectivity index is 2.35. The molecule has 0 spiro atoms. The number of hydrogen-bond acceptors (Lipinski definition) is 4. The molecule has 19 heavy (non-hydrogen) atoms. The highest BCUT2D eigenvalue weighted by atomic mass is 32.2. The number of rotatable bonds is 3. The first-order valence-corrected chi connectivity index (χ1v) is 7.43. The maximum Gasteiger partial charge on any atom is 0.308 e. The summed E-state index contributed by atoms with van der Waals surface area (Å²) in [5, 5.41) is 15.6. The summed E-state index contributed by atoms with van der Waals surface area (Å²) in [6, 6.07) is 0. The molecule has 0 bridgehead atoms. The largest absolute Gasteiger partial charge is 0.481 e. The summed E-state index contributed by atoms with van der Waals surface area (Å²) < 4.78 is 26.3. The first-order valence-electron chi connectivity index (χ1n) is 5.99. The monoisotopic (exact) mass is 287 g/mol. The van der Waals surface area contributed by atoms with E-state index in [9.17, 15) is 13.2 Å². The highest BCUT2D eigenvalue weighted by Crippen LogP contribution is 2.30. The topological polar surface area (TPSA) is 103 Å². The summed E-state index contributed by atoms with van der Waals surface area (Å²) in [4.78, 5) is 11.2. The summed E-state index contributed by atoms with van der Waals surface area (Å²) in [5.74, 6) is -1.80. The average Bonchev–Trinajstić information content (AvgIpc) is 2.83. The van der Waals surface area contributed by atoms with Gasteiger partial charge in [-0.25, -0.2) is 8.42 Å². The van der Waals surface area contributed by atoms with Crippen molar-refractivity contribution in [3.63, 3.8) is 0 Å². The van der Waals surface area contributed by atoms with Crippen LogP contribution in [0.3, 0.4) is 0 Å². The van der Waals surface area contributed by atoms with Crippen LogP contribution in [0, 0.1) is 25.7 Å². The number of sulfonamides is 1. The Morgan fingerprint density at radius 1 is 1.42 bits per heavy atom. The SMILES string of the molecule is Cc1n[nH]c(C)c1S(=O)(=O)N1CC(C)C(C(=O)O)C1. The lowest BCUT2D eigenvalue weighted by Crippen LogP contribution is -2.30. The molecule has 2 atom stereocenters. The first-order chi connectivity index (χ1) is 8.75. The van der Waals surface area contributed by atoms with E-state index < -0.39 is 21.9 Å². The van der Waals surface area contributed by atoms with Crippen LogP contribution in [0.5, 0.6) is 0 Å². The number of carbonyl (C=O) groups is 1. The molecule has 0 aromatic carbocycles. The van der Waals surface area contributed by atoms with E-state index in [1.165, 1.54) is 4.31 Å². The van der Waals surface area contributed by atoms with Crippen molar-refractivity contribution >= 4 is 16.0 Å². The van der Waals surface area contributed by atoms with Gasteiger partial charge in [0.2, 0.25) is 10.0 Å². The van der Waals surface area contributed by atoms with E-state index in [0.717, 1.165) is 0 Å². The minimum atomic E-state index is -3.68. The van der Waals surface area contributed by atoms with E-state index in [-0.39, 0.29) is 23.9 Å². The zero-order chi connectivity index (χ0) is 14.4. The Bertz CT molecular complexity index is 588. The summed E-state index contributed by atoms with van der Waals surface area (Å²) in [6.45, 7) is 5.25. The third-order valence-corrected chi connectivity index (χ3v) is 5.65. The predicted octanol–water partition coefficient (Wildman–Crippen LogP) is 0.368. The molecular weight excluding hydrogens is 270 g/mol. The standard InChI is InChI=1S/C11H17N3O4S/c1-6-4-14(5-9(6)11(15)16)19(17,18)10-7(2)12-13-8(10)3/h6,9H,4-5H2,1-3H3,(H,12,13)(H,15,16). The van der Waals surface area contributed by atoms with E-state index in [1.807, 2.05) is 0 Å². The molecule has 0 radical (unpaired) electrons. The Morgan fingerprint density at radius 2 is 2.05 bits per heavy atom. The molecule has 2 rings (SSSR count). The number of nitrogens with zero attached hydrogens (tertiary/aromatic N) is 2. The normalized spacial score (nSPS) is 24.8. The van der Waals surface area contributed by atoms with Gasteiger partial charge in [-0.05, 0) is 19.8 Å². The summed E-state index contributed by atoms with van der Waals surface area (Å²) in [5.41, 5.74) is 0.882. The Morgan fingerprint density at radius 3 is 2.47 bits per heavy atom. The van der Waals surface area contributed by atoms with Gasteiger partial charge in [-0.2, -0.15) is 9.40 Å². The Kier molecular flexibility index (Phi) is 3.40. The van der Waals surface area contributed by atoms with Crippen LogP contribution in [0.1, 0.15) is 18.3 Å². The number of nitrogens with one attached hydrogen (secondary N) is 1. The van der Waals surface area contributed by atoms with Crippen molar-refractivity contribution in [3.8, 4) is 0 Å². The van der Waals surface area contributed by atoms with Gasteiger partial charge in [-0.1, -0.05) is 6.92 Å². The van der Waals surface area contributed by atoms with Crippen molar-refractivity contribution in [3.05, 3.63) is 11.4 Å². The van der Waals surface area contributed by atoms with Crippen LogP contribution < -0.4 is 0 Å². The molecule has 1 aliphatic rings. The van der Waals surface area contributed by atoms with Crippen LogP contribution in [0.4, 0.5) is 0 Å². The molecule has 106 valence electrons. The quantitative estimate of drug-likeness (QED) is 0.836. The van der Waals surface area contributed by atoms with E-state index in [4.69, 9.17) is 5.11 Å². The van der Waals surface area contributed by atoms with Crippen molar-refractivity contribution in [1.82, 2.24) is 14.5 Å². The molecule has 1 aliphatic heterocycles. The molecule has 0 aliphatic carbocycles. The van der Waals surface area contributed by atoms with Crippen molar-refractivity contribution < 1.29 is 18.3 Å². The maximum atomic E-state index is 12.5. The summed E-state index contributed by atoms with van der Waals surface area (Å²) in [7, 11) is -3.68. The number of aromatic amines is 1. The van der Waals surface area contributed by atoms with Crippen LogP contribution in [0.15, 0.2) is 4.90 Å². The number of hydrogen-bond donors (Lipinski definition) is 2. The van der Waals surface area contributed by atoms with E-state index >= 15 is 0 Å². The third kappa shape index (κ3) is 2.25. The van der Waals surface area contributed by atoms with Gasteiger partial charge in [-0.3, -0.25) is 9.89 Å². The van der Waals surface area contributed by atoms with Crippen LogP contribution in [-0.4, -0.2) is 47.1 Å². The fraction of sp³-hybridized carbons (Fsp3) is 0.636. The molecule has 7 nitrogen and oxygen atoms in total. The molecule has 1 aromatic rings. The molecule has 1 aromatic heterocycles. The number of aryl methyl sites for hydroxylation is 2. The van der Waals surface area contributed by atoms with Gasteiger partial charge in [-0.15, -0.1) is 0 Å². The highest BCUT2D eigenvalue weighted by Gasteiger charge is 2.42. The van der Waals surface area contributed by atoms with Gasteiger partial charge in [0.15, 0.2) is 0 Å². The van der Waals surface area contributed by atoms with Gasteiger partial charge in [0.1, 0.15) is 4.90 Å². The lowest BCUT2D eigenvalue weighted by atomic mass is 9.99. The van der Waals surface area contributed by atoms with E-state index in [0.29, 0.717) is 11.4 Å². The number of aliphatic carboxylic acids is 1. The van der Waals surface area contributed by atoms with Crippen LogP contribution >= 0.6 is 0 Å². The zero-order valence-electron chi connectivity index (χ0n) is 11.0. The number of carboxylic acid groups (broad SMARTS) is 1. The molecule has 0 amide bonds. The smallest absolute Gasteiger partial charge is 0.308 e. The van der Waals surface area contributed by atoms with Crippen molar-refractivity contribution in [2.75, 3.05) is 13.1 Å². The van der Waals surface area contributed by atoms with Crippen LogP contribution in [-0.2, 0) is 14.8 Å². The van der Waals surface area contributed by atoms with Gasteiger partial charge in [0.05, 0.1) is 17.3 Å². The third-order valence-electron chi connectivity index (χ3n) is 3.55. The molecule has 0 saturated carbocycles. The molecule has 2 heterocycles. The van der Waals surface area contributed by atoms with Crippen molar-refractivity contribution in [2.24, 2.45) is 11.8 Å². The van der Waals surface area contributed by atoms with E-state index in [1.54, 1.807) is 20.8 Å². The van der Waals surface area contributed by atoms with Crippen LogP contribution in [0.25, 0.3) is 0 Å². The fourth-order valence-corrected chi connectivity index (χ4v) is 4.39. The lowest BCUT2D eigenvalue weighted by molar-refractivity contribution is -0.142. The average molecular weight is 287 g/mol. The molecule has 1 saturated heterocycles. The van der Waals surface area contributed by atoms with Crippen LogP contribution in [0.2, 0.25) is 0 Å². The summed E-state index contributed by atoms with van der Waals surface area (Å²) >= 11 is 0. The fourth-order valence-electron chi connectivity index (χ4n) is 2.49. The van der Waals surface area contributed by atoms with E-state index in [2.05, 4.69) is 10.2 Å². The van der Waals surface area contributed by atoms with Crippen molar-refractivity contribution in [1.29, 1.82) is 0 Å². The summed E-state index contributed by atoms with van der Waals surface area (Å²) in [6.07, 6.45) is 0. The van der Waals surface area contributed by atoms with Gasteiger partial charge in [0.25, 0.3) is 0 Å². The number of H-pyrrole nitrogens is 1. The minimum Gasteiger partial charge on any atom is -0.481 e. The van der Waals surface area contributed by atoms with Gasteiger partial charge in [0, 0.05) is 13.1 Å². The van der Waals surface area contributed by atoms with Crippen molar-refractivity contribution in [2.45, 2.75) is 25.7 Å². The highest BCUT2D eigenvalue weighted by molar-refractivity contribution is 7.89. The number of carboxylic acids is 1. The van der Waals surface area contributed by atoms with Gasteiger partial charge < -0.3 is 5.11 Å². The second kappa shape index (κ2) is 4.61. The maximum absolute atomic E-state index is 12.5. The molecular formula is C11H17N3O4S. The first kappa shape index (κ1) is 14.0. The molecule has 8 heteroatoms. The second-order valence-electron chi connectivity index (χ2n) is 5.01. The predicted molar refractivity (Wildman–Crippen MR) is 67.1 cm³/mol. The zero-order valence-corrected chi connectivity index (χ0v) is 11.9. The number of aromatic nitrogens is 2. The van der Waals surface area contributed by atoms with Gasteiger partial charge >= 0.3 is 5.97 Å². The molecule has 2 N–H and O–H groups in total.